The maximum atomic E-state index is 4.44. The van der Waals surface area contributed by atoms with Gasteiger partial charge >= 0.3 is 0 Å². The van der Waals surface area contributed by atoms with E-state index in [9.17, 15) is 0 Å². The molecule has 1 saturated heterocycles. The normalized spacial score (nSPS) is 22.0. The van der Waals surface area contributed by atoms with Crippen LogP contribution >= 0.6 is 119 Å². The number of hydrogen-bond donors (Lipinski definition) is 4. The number of thioether (sulfide) groups is 4. The Bertz CT molecular complexity index is 187. The zero-order valence-electron chi connectivity index (χ0n) is 9.48. The van der Waals surface area contributed by atoms with Crippen molar-refractivity contribution in [2.75, 3.05) is 31.8 Å². The average molecular weight is 433 g/mol. The zero-order valence-corrected chi connectivity index (χ0v) is 18.0. The molecule has 1 fully saturated rings. The van der Waals surface area contributed by atoms with E-state index in [4.69, 9.17) is 0 Å². The van der Waals surface area contributed by atoms with E-state index in [2.05, 4.69) is 50.5 Å². The average Bonchev–Trinajstić information content (AvgIpc) is 2.34. The fourth-order valence-corrected chi connectivity index (χ4v) is 15.9. The Morgan fingerprint density at radius 1 is 0.667 bits per heavy atom. The van der Waals surface area contributed by atoms with Gasteiger partial charge in [0.25, 0.3) is 0 Å². The molecule has 0 radical (unpaired) electrons. The Kier molecular flexibility index (Phi) is 11.2. The number of thiol groups is 4. The van der Waals surface area contributed by atoms with E-state index in [0.29, 0.717) is 0 Å². The third kappa shape index (κ3) is 4.75. The molecule has 0 amide bonds. The molecule has 0 spiro atoms. The summed E-state index contributed by atoms with van der Waals surface area (Å²) < 4.78 is 0.292. The molecule has 1 aliphatic heterocycles. The van der Waals surface area contributed by atoms with E-state index in [1.165, 1.54) is 0 Å². The highest BCUT2D eigenvalue weighted by Gasteiger charge is 2.54. The maximum Gasteiger partial charge on any atom is 0.0971 e. The van der Waals surface area contributed by atoms with Crippen molar-refractivity contribution in [2.45, 2.75) is 8.16 Å². The fourth-order valence-electron chi connectivity index (χ4n) is 1.57. The summed E-state index contributed by atoms with van der Waals surface area (Å²) in [5.41, 5.74) is 0. The van der Waals surface area contributed by atoms with Crippen LogP contribution in [0.2, 0.25) is 0 Å². The molecule has 0 atom stereocenters. The van der Waals surface area contributed by atoms with Crippen LogP contribution in [0.4, 0.5) is 0 Å². The minimum Gasteiger partial charge on any atom is -0.168 e. The molecule has 1 heterocycles. The molecule has 0 saturated carbocycles. The van der Waals surface area contributed by atoms with Crippen molar-refractivity contribution in [1.82, 2.24) is 0 Å². The molecule has 0 bridgehead atoms. The maximum absolute atomic E-state index is 4.44. The summed E-state index contributed by atoms with van der Waals surface area (Å²) in [7, 11) is 3.93. The Morgan fingerprint density at radius 2 is 0.944 bits per heavy atom. The molecule has 0 aromatic rings. The standard InChI is InChI=1S/C8H16S10/c9-3-13-7(14-4-10)1-17-18-2-8(7,15-5-11)16-6-12/h9-12H,1-6H2. The van der Waals surface area contributed by atoms with Crippen LogP contribution < -0.4 is 0 Å². The van der Waals surface area contributed by atoms with Gasteiger partial charge in [-0.2, -0.15) is 50.5 Å². The molecular weight excluding hydrogens is 417 g/mol. The van der Waals surface area contributed by atoms with E-state index < -0.39 is 0 Å². The van der Waals surface area contributed by atoms with Gasteiger partial charge in [0.2, 0.25) is 0 Å². The van der Waals surface area contributed by atoms with Crippen LogP contribution in [0.5, 0.6) is 0 Å². The highest BCUT2D eigenvalue weighted by Crippen LogP contribution is 2.64. The van der Waals surface area contributed by atoms with E-state index in [1.807, 2.05) is 68.6 Å². The molecular formula is C8H16S10. The summed E-state index contributed by atoms with van der Waals surface area (Å²) in [6.07, 6.45) is 0. The summed E-state index contributed by atoms with van der Waals surface area (Å²) in [4.78, 5) is 0. The Labute approximate surface area is 157 Å². The van der Waals surface area contributed by atoms with E-state index in [-0.39, 0.29) is 8.16 Å². The van der Waals surface area contributed by atoms with E-state index in [1.54, 1.807) is 0 Å². The Hall–Kier alpha value is 3.50. The van der Waals surface area contributed by atoms with Crippen molar-refractivity contribution >= 4 is 119 Å². The van der Waals surface area contributed by atoms with Gasteiger partial charge in [0.1, 0.15) is 0 Å². The number of hydrogen-bond acceptors (Lipinski definition) is 10. The van der Waals surface area contributed by atoms with Gasteiger partial charge in [0, 0.05) is 31.8 Å². The van der Waals surface area contributed by atoms with E-state index in [0.717, 1.165) is 31.8 Å². The highest BCUT2D eigenvalue weighted by atomic mass is 33.1. The lowest BCUT2D eigenvalue weighted by atomic mass is 10.3. The van der Waals surface area contributed by atoms with Crippen molar-refractivity contribution in [2.24, 2.45) is 0 Å². The second-order valence-electron chi connectivity index (χ2n) is 3.12. The molecule has 1 rings (SSSR count). The van der Waals surface area contributed by atoms with E-state index >= 15 is 0 Å². The minimum absolute atomic E-state index is 0.146. The zero-order chi connectivity index (χ0) is 13.5. The highest BCUT2D eigenvalue weighted by molar-refractivity contribution is 8.77. The topological polar surface area (TPSA) is 0 Å². The quantitative estimate of drug-likeness (QED) is 0.233. The second kappa shape index (κ2) is 10.3. The molecule has 108 valence electrons. The summed E-state index contributed by atoms with van der Waals surface area (Å²) >= 11 is 25.6. The molecule has 0 aromatic carbocycles. The molecule has 0 unspecified atom stereocenters. The van der Waals surface area contributed by atoms with Crippen LogP contribution in [0.1, 0.15) is 0 Å². The summed E-state index contributed by atoms with van der Waals surface area (Å²) in [5, 5.41) is 3.37. The van der Waals surface area contributed by atoms with Crippen LogP contribution in [0.25, 0.3) is 0 Å². The van der Waals surface area contributed by atoms with Gasteiger partial charge in [-0.05, 0) is 0 Å². The fraction of sp³-hybridized carbons (Fsp3) is 1.00. The number of rotatable bonds is 8. The molecule has 18 heavy (non-hydrogen) atoms. The molecule has 0 nitrogen and oxygen atoms in total. The predicted molar refractivity (Wildman–Crippen MR) is 116 cm³/mol. The first-order valence-corrected chi connectivity index (χ1v) is 13.9. The SMILES string of the molecule is SCSC1(SCS)CSSCC1(SCS)SCS. The third-order valence-electron chi connectivity index (χ3n) is 2.35. The van der Waals surface area contributed by atoms with Crippen LogP contribution in [-0.2, 0) is 0 Å². The van der Waals surface area contributed by atoms with Crippen molar-refractivity contribution in [3.63, 3.8) is 0 Å². The van der Waals surface area contributed by atoms with Gasteiger partial charge in [0.05, 0.1) is 8.16 Å². The largest absolute Gasteiger partial charge is 0.168 e. The Balaban J connectivity index is 3.02. The van der Waals surface area contributed by atoms with Crippen LogP contribution in [-0.4, -0.2) is 40.0 Å². The lowest BCUT2D eigenvalue weighted by Crippen LogP contribution is -2.50. The monoisotopic (exact) mass is 432 g/mol. The molecule has 0 aliphatic carbocycles. The van der Waals surface area contributed by atoms with Crippen molar-refractivity contribution in [3.05, 3.63) is 0 Å². The molecule has 1 aliphatic rings. The second-order valence-corrected chi connectivity index (χ2v) is 14.2. The van der Waals surface area contributed by atoms with Gasteiger partial charge in [-0.3, -0.25) is 0 Å². The predicted octanol–water partition coefficient (Wildman–Crippen LogP) is 5.26. The lowest BCUT2D eigenvalue weighted by Gasteiger charge is -2.50. The van der Waals surface area contributed by atoms with Gasteiger partial charge in [0.15, 0.2) is 0 Å². The van der Waals surface area contributed by atoms with Crippen molar-refractivity contribution in [1.29, 1.82) is 0 Å². The molecule has 0 N–H and O–H groups in total. The molecule has 10 heteroatoms. The van der Waals surface area contributed by atoms with Crippen LogP contribution in [0, 0.1) is 0 Å². The third-order valence-corrected chi connectivity index (χ3v) is 13.4. The molecule has 0 aromatic heterocycles. The van der Waals surface area contributed by atoms with Gasteiger partial charge in [-0.25, -0.2) is 0 Å². The lowest BCUT2D eigenvalue weighted by molar-refractivity contribution is 0.836. The Morgan fingerprint density at radius 3 is 1.17 bits per heavy atom. The van der Waals surface area contributed by atoms with Crippen molar-refractivity contribution < 1.29 is 0 Å². The first-order valence-electron chi connectivity index (χ1n) is 4.94. The summed E-state index contributed by atoms with van der Waals surface area (Å²) in [5.74, 6) is 2.24. The van der Waals surface area contributed by atoms with Crippen LogP contribution in [0.3, 0.4) is 0 Å². The van der Waals surface area contributed by atoms with Crippen molar-refractivity contribution in [3.8, 4) is 0 Å². The first-order chi connectivity index (χ1) is 8.70. The summed E-state index contributed by atoms with van der Waals surface area (Å²) in [6, 6.07) is 0. The van der Waals surface area contributed by atoms with Gasteiger partial charge in [-0.15, -0.1) is 47.0 Å². The smallest absolute Gasteiger partial charge is 0.0971 e. The van der Waals surface area contributed by atoms with Crippen LogP contribution in [0.15, 0.2) is 0 Å². The first kappa shape index (κ1) is 19.5. The van der Waals surface area contributed by atoms with Gasteiger partial charge in [-0.1, -0.05) is 21.6 Å². The van der Waals surface area contributed by atoms with Gasteiger partial charge < -0.3 is 0 Å². The summed E-state index contributed by atoms with van der Waals surface area (Å²) in [6.45, 7) is 0. The minimum atomic E-state index is 0.146.